The lowest BCUT2D eigenvalue weighted by Crippen LogP contribution is -2.29. The number of nitrogens with two attached hydrogens (primary N) is 1. The van der Waals surface area contributed by atoms with Crippen molar-refractivity contribution >= 4 is 85.4 Å². The Labute approximate surface area is 388 Å². The number of aromatic nitrogens is 2. The lowest BCUT2D eigenvalue weighted by Gasteiger charge is -2.20. The molecule has 0 fully saturated rings. The van der Waals surface area contributed by atoms with Gasteiger partial charge in [0.15, 0.2) is 36.6 Å². The van der Waals surface area contributed by atoms with Crippen LogP contribution in [-0.2, 0) is 23.7 Å². The number of benzene rings is 4. The van der Waals surface area contributed by atoms with Crippen molar-refractivity contribution in [2.75, 3.05) is 47.8 Å². The number of ether oxygens (including phenoxy) is 9. The van der Waals surface area contributed by atoms with Crippen LogP contribution in [0.3, 0.4) is 0 Å². The molecule has 0 radical (unpaired) electrons. The SMILES string of the molecule is CC(C)(C)OC(=O)OC(=O)OC(C)(C)C.COCOc1ccc(/C=C/c2nc3cc(C)c(C)cc3s2)cc1OC.COCOc1ccc(/C=C/c2nc3cc(C)c(N)cc3s2)cc1OC. The fraction of sp³-hybridized carbons (Fsp3) is 0.347. The molecule has 0 unspecified atom stereocenters. The number of aryl methyl sites for hydroxylation is 3. The van der Waals surface area contributed by atoms with E-state index in [0.717, 1.165) is 48.1 Å². The van der Waals surface area contributed by atoms with E-state index in [-0.39, 0.29) is 13.6 Å². The van der Waals surface area contributed by atoms with E-state index < -0.39 is 23.5 Å². The zero-order valence-corrected chi connectivity index (χ0v) is 40.9. The van der Waals surface area contributed by atoms with Gasteiger partial charge in [-0.1, -0.05) is 24.3 Å². The maximum atomic E-state index is 11.0. The number of thiazole rings is 2. The fourth-order valence-corrected chi connectivity index (χ4v) is 7.31. The third-order valence-electron chi connectivity index (χ3n) is 8.64. The van der Waals surface area contributed by atoms with Crippen LogP contribution < -0.4 is 24.7 Å². The molecule has 0 aliphatic rings. The summed E-state index contributed by atoms with van der Waals surface area (Å²) in [4.78, 5) is 31.3. The number of carbonyl (C=O) groups is 2. The van der Waals surface area contributed by atoms with Gasteiger partial charge in [-0.25, -0.2) is 19.6 Å². The first-order chi connectivity index (χ1) is 30.7. The second kappa shape index (κ2) is 23.6. The molecule has 4 aromatic carbocycles. The molecule has 14 nitrogen and oxygen atoms in total. The first-order valence-corrected chi connectivity index (χ1v) is 22.0. The Morgan fingerprint density at radius 3 is 1.40 bits per heavy atom. The molecule has 0 aliphatic heterocycles. The highest BCUT2D eigenvalue weighted by atomic mass is 32.1. The van der Waals surface area contributed by atoms with Gasteiger partial charge in [0.1, 0.15) is 21.2 Å². The van der Waals surface area contributed by atoms with Crippen LogP contribution in [0.2, 0.25) is 0 Å². The fourth-order valence-electron chi connectivity index (χ4n) is 5.46. The van der Waals surface area contributed by atoms with Crippen molar-refractivity contribution in [3.05, 3.63) is 98.5 Å². The molecule has 65 heavy (non-hydrogen) atoms. The van der Waals surface area contributed by atoms with Gasteiger partial charge in [-0.2, -0.15) is 0 Å². The second-order valence-corrected chi connectivity index (χ2v) is 18.4. The normalized spacial score (nSPS) is 11.5. The number of fused-ring (bicyclic) bond motifs is 2. The second-order valence-electron chi connectivity index (χ2n) is 16.3. The molecule has 2 heterocycles. The Kier molecular flexibility index (Phi) is 18.7. The zero-order chi connectivity index (χ0) is 47.9. The van der Waals surface area contributed by atoms with Crippen molar-refractivity contribution < 1.29 is 52.2 Å². The summed E-state index contributed by atoms with van der Waals surface area (Å²) in [6.45, 7) is 16.6. The van der Waals surface area contributed by atoms with Crippen molar-refractivity contribution in [2.45, 2.75) is 73.5 Å². The van der Waals surface area contributed by atoms with Gasteiger partial charge >= 0.3 is 12.3 Å². The maximum absolute atomic E-state index is 11.0. The Hall–Kier alpha value is -6.20. The Balaban J connectivity index is 0.000000222. The van der Waals surface area contributed by atoms with Crippen molar-refractivity contribution in [2.24, 2.45) is 0 Å². The predicted molar refractivity (Wildman–Crippen MR) is 260 cm³/mol. The summed E-state index contributed by atoms with van der Waals surface area (Å²) >= 11 is 3.31. The number of carbonyl (C=O) groups excluding carboxylic acids is 2. The largest absolute Gasteiger partial charge is 0.519 e. The molecule has 16 heteroatoms. The van der Waals surface area contributed by atoms with Crippen LogP contribution in [0.1, 0.15) is 79.4 Å². The van der Waals surface area contributed by atoms with E-state index in [1.165, 1.54) is 15.8 Å². The van der Waals surface area contributed by atoms with Crippen LogP contribution in [-0.4, -0.2) is 75.5 Å². The predicted octanol–water partition coefficient (Wildman–Crippen LogP) is 12.3. The summed E-state index contributed by atoms with van der Waals surface area (Å²) < 4.78 is 47.6. The van der Waals surface area contributed by atoms with Crippen LogP contribution >= 0.6 is 22.7 Å². The summed E-state index contributed by atoms with van der Waals surface area (Å²) in [7, 11) is 6.41. The topological polar surface area (TPSA) is 169 Å². The minimum absolute atomic E-state index is 0.180. The molecule has 0 saturated carbocycles. The van der Waals surface area contributed by atoms with E-state index >= 15 is 0 Å². The van der Waals surface area contributed by atoms with Gasteiger partial charge in [-0.05, 0) is 151 Å². The first kappa shape index (κ1) is 51.4. The Morgan fingerprint density at radius 1 is 0.569 bits per heavy atom. The van der Waals surface area contributed by atoms with Crippen LogP contribution in [0.25, 0.3) is 44.7 Å². The molecule has 0 bridgehead atoms. The zero-order valence-electron chi connectivity index (χ0n) is 39.3. The van der Waals surface area contributed by atoms with E-state index in [0.29, 0.717) is 23.0 Å². The summed E-state index contributed by atoms with van der Waals surface area (Å²) in [5.74, 6) is 2.64. The Bertz CT molecular complexity index is 2350. The number of nitrogen functional groups attached to an aromatic ring is 1. The quantitative estimate of drug-likeness (QED) is 0.0532. The van der Waals surface area contributed by atoms with Gasteiger partial charge in [0.05, 0.1) is 34.7 Å². The molecule has 0 spiro atoms. The van der Waals surface area contributed by atoms with Gasteiger partial charge in [-0.3, -0.25) is 0 Å². The van der Waals surface area contributed by atoms with Crippen LogP contribution in [0.4, 0.5) is 15.3 Å². The van der Waals surface area contributed by atoms with Crippen molar-refractivity contribution in [3.63, 3.8) is 0 Å². The van der Waals surface area contributed by atoms with Crippen molar-refractivity contribution in [3.8, 4) is 23.0 Å². The number of rotatable bonds is 12. The first-order valence-electron chi connectivity index (χ1n) is 20.3. The summed E-state index contributed by atoms with van der Waals surface area (Å²) in [5, 5.41) is 1.91. The number of anilines is 1. The van der Waals surface area contributed by atoms with Crippen LogP contribution in [0.15, 0.2) is 60.7 Å². The highest BCUT2D eigenvalue weighted by Gasteiger charge is 2.24. The van der Waals surface area contributed by atoms with E-state index in [2.05, 4.69) is 40.7 Å². The molecule has 6 aromatic rings. The summed E-state index contributed by atoms with van der Waals surface area (Å²) in [6, 6.07) is 19.9. The third kappa shape index (κ3) is 16.7. The molecule has 348 valence electrons. The van der Waals surface area contributed by atoms with Gasteiger partial charge in [-0.15, -0.1) is 22.7 Å². The molecule has 2 aromatic heterocycles. The lowest BCUT2D eigenvalue weighted by molar-refractivity contribution is -0.0294. The molecule has 6 rings (SSSR count). The molecule has 0 aliphatic carbocycles. The average molecular weight is 930 g/mol. The van der Waals surface area contributed by atoms with E-state index in [4.69, 9.17) is 43.6 Å². The number of methoxy groups -OCH3 is 4. The maximum Gasteiger partial charge on any atom is 0.519 e. The van der Waals surface area contributed by atoms with E-state index in [1.54, 1.807) is 92.7 Å². The average Bonchev–Trinajstić information content (AvgIpc) is 3.82. The van der Waals surface area contributed by atoms with E-state index in [9.17, 15) is 9.59 Å². The van der Waals surface area contributed by atoms with Gasteiger partial charge in [0.2, 0.25) is 0 Å². The minimum atomic E-state index is -1.06. The number of nitrogens with zero attached hydrogens (tertiary/aromatic N) is 2. The molecule has 0 saturated heterocycles. The Morgan fingerprint density at radius 2 is 0.985 bits per heavy atom. The monoisotopic (exact) mass is 929 g/mol. The molecule has 0 atom stereocenters. The van der Waals surface area contributed by atoms with Crippen molar-refractivity contribution in [1.82, 2.24) is 9.97 Å². The lowest BCUT2D eigenvalue weighted by atomic mass is 10.1. The molecular formula is C49H59N3O11S2. The molecule has 2 N–H and O–H groups in total. The number of hydrogen-bond donors (Lipinski definition) is 1. The van der Waals surface area contributed by atoms with E-state index in [1.807, 2.05) is 79.8 Å². The third-order valence-corrected chi connectivity index (χ3v) is 10.6. The summed E-state index contributed by atoms with van der Waals surface area (Å²) in [5.41, 5.74) is 13.0. The van der Waals surface area contributed by atoms with Crippen LogP contribution in [0.5, 0.6) is 23.0 Å². The highest BCUT2D eigenvalue weighted by Crippen LogP contribution is 2.32. The highest BCUT2D eigenvalue weighted by molar-refractivity contribution is 7.19. The molecular weight excluding hydrogens is 871 g/mol. The van der Waals surface area contributed by atoms with Crippen molar-refractivity contribution in [1.29, 1.82) is 0 Å². The van der Waals surface area contributed by atoms with Crippen LogP contribution in [0, 0.1) is 20.8 Å². The standard InChI is InChI=1S/C20H21NO3S.C19H20N2O3S.C10H18O5/c1-13-9-16-19(10-14(13)2)25-20(21-16)8-6-15-5-7-17(24-12-22-3)18(11-15)23-4;1-12-8-15-18(10-14(12)20)25-19(21-15)7-5-13-4-6-16(24-11-22-2)17(9-13)23-3;1-9(2,3)14-7(11)13-8(12)15-10(4,5)6/h5-11H,12H2,1-4H3;4-10H,11,20H2,1-3H3;1-6H3/b8-6+;7-5+;. The van der Waals surface area contributed by atoms with Gasteiger partial charge in [0, 0.05) is 19.9 Å². The number of hydrogen-bond acceptors (Lipinski definition) is 16. The molecule has 0 amide bonds. The minimum Gasteiger partial charge on any atom is -0.493 e. The van der Waals surface area contributed by atoms with Gasteiger partial charge < -0.3 is 48.4 Å². The summed E-state index contributed by atoms with van der Waals surface area (Å²) in [6.07, 6.45) is 5.92. The van der Waals surface area contributed by atoms with Gasteiger partial charge in [0.25, 0.3) is 0 Å². The smallest absolute Gasteiger partial charge is 0.493 e.